The van der Waals surface area contributed by atoms with E-state index in [9.17, 15) is 14.7 Å². The van der Waals surface area contributed by atoms with Crippen LogP contribution in [-0.2, 0) is 11.2 Å². The molecular formula is C19H24N2O3. The van der Waals surface area contributed by atoms with E-state index in [1.165, 1.54) is 10.5 Å². The molecule has 2 heterocycles. The molecule has 3 rings (SSSR count). The first-order valence-electron chi connectivity index (χ1n) is 8.71. The smallest absolute Gasteiger partial charge is 0.408 e. The molecule has 1 aromatic rings. The summed E-state index contributed by atoms with van der Waals surface area (Å²) in [6, 6.07) is 9.63. The second-order valence-electron chi connectivity index (χ2n) is 6.52. The monoisotopic (exact) mass is 328 g/mol. The van der Waals surface area contributed by atoms with E-state index in [1.807, 2.05) is 24.3 Å². The molecule has 2 bridgehead atoms. The zero-order valence-corrected chi connectivity index (χ0v) is 13.8. The van der Waals surface area contributed by atoms with Gasteiger partial charge in [-0.05, 0) is 50.2 Å². The summed E-state index contributed by atoms with van der Waals surface area (Å²) in [5.41, 5.74) is 1.31. The van der Waals surface area contributed by atoms with Crippen LogP contribution in [0.15, 0.2) is 42.6 Å². The lowest BCUT2D eigenvalue weighted by molar-refractivity contribution is -0.134. The zero-order chi connectivity index (χ0) is 16.9. The fraction of sp³-hybridized carbons (Fsp3) is 0.474. The van der Waals surface area contributed by atoms with Crippen LogP contribution < -0.4 is 0 Å². The molecule has 0 aromatic heterocycles. The van der Waals surface area contributed by atoms with E-state index < -0.39 is 12.1 Å². The molecule has 1 aromatic carbocycles. The fourth-order valence-electron chi connectivity index (χ4n) is 3.65. The minimum Gasteiger partial charge on any atom is -0.465 e. The van der Waals surface area contributed by atoms with Crippen molar-refractivity contribution in [2.24, 2.45) is 0 Å². The Hall–Kier alpha value is -2.30. The van der Waals surface area contributed by atoms with E-state index in [0.29, 0.717) is 13.0 Å². The normalized spacial score (nSPS) is 23.2. The highest BCUT2D eigenvalue weighted by Crippen LogP contribution is 2.28. The van der Waals surface area contributed by atoms with Gasteiger partial charge in [0.15, 0.2) is 0 Å². The fourth-order valence-corrected chi connectivity index (χ4v) is 3.65. The third-order valence-electron chi connectivity index (χ3n) is 4.91. The third kappa shape index (κ3) is 3.61. The van der Waals surface area contributed by atoms with Crippen molar-refractivity contribution in [1.29, 1.82) is 0 Å². The molecule has 5 nitrogen and oxygen atoms in total. The van der Waals surface area contributed by atoms with Crippen LogP contribution in [0, 0.1) is 0 Å². The largest absolute Gasteiger partial charge is 0.465 e. The number of amides is 2. The molecular weight excluding hydrogens is 304 g/mol. The van der Waals surface area contributed by atoms with E-state index in [4.69, 9.17) is 0 Å². The Morgan fingerprint density at radius 2 is 1.96 bits per heavy atom. The van der Waals surface area contributed by atoms with Crippen molar-refractivity contribution >= 4 is 12.0 Å². The number of fused-ring (bicyclic) bond motifs is 2. The van der Waals surface area contributed by atoms with Gasteiger partial charge in [0.25, 0.3) is 0 Å². The van der Waals surface area contributed by atoms with Crippen molar-refractivity contribution in [3.8, 4) is 0 Å². The molecule has 2 unspecified atom stereocenters. The lowest BCUT2D eigenvalue weighted by Gasteiger charge is -2.37. The van der Waals surface area contributed by atoms with Gasteiger partial charge in [0.2, 0.25) is 5.91 Å². The topological polar surface area (TPSA) is 60.9 Å². The van der Waals surface area contributed by atoms with Crippen molar-refractivity contribution in [2.45, 2.75) is 50.6 Å². The number of unbranched alkanes of at least 4 members (excludes halogenated alkanes) is 1. The molecule has 0 aliphatic carbocycles. The minimum atomic E-state index is -0.992. The Morgan fingerprint density at radius 3 is 2.71 bits per heavy atom. The van der Waals surface area contributed by atoms with Crippen molar-refractivity contribution in [2.75, 3.05) is 6.54 Å². The molecule has 2 aliphatic heterocycles. The van der Waals surface area contributed by atoms with E-state index in [1.54, 1.807) is 11.1 Å². The quantitative estimate of drug-likeness (QED) is 0.844. The van der Waals surface area contributed by atoms with Crippen LogP contribution in [0.4, 0.5) is 4.79 Å². The van der Waals surface area contributed by atoms with Gasteiger partial charge in [-0.1, -0.05) is 30.3 Å². The maximum absolute atomic E-state index is 12.7. The van der Waals surface area contributed by atoms with Crippen molar-refractivity contribution in [3.05, 3.63) is 48.2 Å². The van der Waals surface area contributed by atoms with Crippen molar-refractivity contribution < 1.29 is 14.7 Å². The average Bonchev–Trinajstić information content (AvgIpc) is 2.67. The highest BCUT2D eigenvalue weighted by atomic mass is 16.4. The van der Waals surface area contributed by atoms with Crippen LogP contribution in [0.25, 0.3) is 0 Å². The number of benzene rings is 1. The number of carbonyl (C=O) groups is 2. The van der Waals surface area contributed by atoms with Gasteiger partial charge in [0.1, 0.15) is 6.04 Å². The number of rotatable bonds is 5. The van der Waals surface area contributed by atoms with Gasteiger partial charge in [-0.2, -0.15) is 0 Å². The van der Waals surface area contributed by atoms with Crippen LogP contribution >= 0.6 is 0 Å². The Labute approximate surface area is 142 Å². The summed E-state index contributed by atoms with van der Waals surface area (Å²) >= 11 is 0. The summed E-state index contributed by atoms with van der Waals surface area (Å²) in [5.74, 6) is -0.0736. The van der Waals surface area contributed by atoms with Crippen molar-refractivity contribution in [3.63, 3.8) is 0 Å². The summed E-state index contributed by atoms with van der Waals surface area (Å²) in [6.45, 7) is 0.652. The lowest BCUT2D eigenvalue weighted by Crippen LogP contribution is -2.53. The molecule has 2 amide bonds. The van der Waals surface area contributed by atoms with Crippen LogP contribution in [0.5, 0.6) is 0 Å². The first-order valence-corrected chi connectivity index (χ1v) is 8.71. The van der Waals surface area contributed by atoms with Crippen LogP contribution in [0.1, 0.15) is 37.7 Å². The molecule has 128 valence electrons. The lowest BCUT2D eigenvalue weighted by atomic mass is 9.96. The molecule has 1 fully saturated rings. The molecule has 0 spiro atoms. The Bertz CT molecular complexity index is 614. The van der Waals surface area contributed by atoms with Crippen LogP contribution in [0.2, 0.25) is 0 Å². The Morgan fingerprint density at radius 1 is 1.17 bits per heavy atom. The molecule has 1 N–H and O–H groups in total. The van der Waals surface area contributed by atoms with Gasteiger partial charge in [0, 0.05) is 12.7 Å². The van der Waals surface area contributed by atoms with Crippen LogP contribution in [-0.4, -0.2) is 45.5 Å². The number of carbonyl (C=O) groups excluding carboxylic acids is 1. The van der Waals surface area contributed by atoms with E-state index in [0.717, 1.165) is 32.1 Å². The Kier molecular flexibility index (Phi) is 5.18. The number of hydrogen-bond acceptors (Lipinski definition) is 2. The first-order chi connectivity index (χ1) is 11.7. The maximum atomic E-state index is 12.7. The number of carboxylic acid groups (broad SMARTS) is 1. The first kappa shape index (κ1) is 16.6. The summed E-state index contributed by atoms with van der Waals surface area (Å²) in [5, 5.41) is 9.43. The van der Waals surface area contributed by atoms with Gasteiger partial charge in [0.05, 0.1) is 6.04 Å². The second-order valence-corrected chi connectivity index (χ2v) is 6.52. The summed E-state index contributed by atoms with van der Waals surface area (Å²) < 4.78 is 0. The number of piperidine rings is 1. The zero-order valence-electron chi connectivity index (χ0n) is 13.8. The molecule has 24 heavy (non-hydrogen) atoms. The molecule has 1 saturated heterocycles. The number of hydrogen-bond donors (Lipinski definition) is 1. The van der Waals surface area contributed by atoms with Crippen molar-refractivity contribution in [1.82, 2.24) is 9.80 Å². The summed E-state index contributed by atoms with van der Waals surface area (Å²) in [7, 11) is 0. The molecule has 2 atom stereocenters. The maximum Gasteiger partial charge on any atom is 0.408 e. The SMILES string of the molecule is O=C1C2CCCC(C=CN1CCCCc1ccccc1)N2C(=O)O. The third-order valence-corrected chi connectivity index (χ3v) is 4.91. The van der Waals surface area contributed by atoms with E-state index >= 15 is 0 Å². The number of aryl methyl sites for hydroxylation is 1. The average molecular weight is 328 g/mol. The van der Waals surface area contributed by atoms with Gasteiger partial charge in [-0.3, -0.25) is 9.69 Å². The predicted octanol–water partition coefficient (Wildman–Crippen LogP) is 3.27. The standard InChI is InChI=1S/C19H24N2O3/c22-18-17-11-6-10-16(21(17)19(23)24)12-14-20(18)13-5-4-9-15-7-2-1-3-8-15/h1-3,7-8,12,14,16-17H,4-6,9-11,13H2,(H,23,24). The number of nitrogens with zero attached hydrogens (tertiary/aromatic N) is 2. The molecule has 2 aliphatic rings. The molecule has 5 heteroatoms. The van der Waals surface area contributed by atoms with Gasteiger partial charge < -0.3 is 10.0 Å². The van der Waals surface area contributed by atoms with Gasteiger partial charge in [-0.25, -0.2) is 4.79 Å². The summed E-state index contributed by atoms with van der Waals surface area (Å²) in [4.78, 5) is 27.3. The van der Waals surface area contributed by atoms with Gasteiger partial charge in [-0.15, -0.1) is 0 Å². The predicted molar refractivity (Wildman–Crippen MR) is 91.5 cm³/mol. The van der Waals surface area contributed by atoms with Gasteiger partial charge >= 0.3 is 6.09 Å². The Balaban J connectivity index is 1.57. The molecule has 0 radical (unpaired) electrons. The minimum absolute atomic E-state index is 0.0736. The second kappa shape index (κ2) is 7.51. The van der Waals surface area contributed by atoms with E-state index in [-0.39, 0.29) is 11.9 Å². The summed E-state index contributed by atoms with van der Waals surface area (Å²) in [6.07, 6.45) is 7.94. The highest BCUT2D eigenvalue weighted by Gasteiger charge is 2.40. The molecule has 0 saturated carbocycles. The van der Waals surface area contributed by atoms with Crippen LogP contribution in [0.3, 0.4) is 0 Å². The van der Waals surface area contributed by atoms with E-state index in [2.05, 4.69) is 12.1 Å². The highest BCUT2D eigenvalue weighted by molar-refractivity contribution is 5.87.